The van der Waals surface area contributed by atoms with E-state index in [1.54, 1.807) is 13.1 Å². The van der Waals surface area contributed by atoms with Crippen molar-refractivity contribution in [3.63, 3.8) is 0 Å². The number of hydrogen-bond donors (Lipinski definition) is 1. The van der Waals surface area contributed by atoms with Crippen LogP contribution in [-0.2, 0) is 6.54 Å². The highest BCUT2D eigenvalue weighted by atomic mass is 32.2. The monoisotopic (exact) mass is 222 g/mol. The van der Waals surface area contributed by atoms with Crippen LogP contribution in [0.5, 0.6) is 0 Å². The second kappa shape index (κ2) is 4.41. The van der Waals surface area contributed by atoms with Gasteiger partial charge in [-0.2, -0.15) is 0 Å². The largest absolute Gasteiger partial charge is 0.416 e. The highest BCUT2D eigenvalue weighted by Crippen LogP contribution is 2.25. The van der Waals surface area contributed by atoms with E-state index in [1.807, 2.05) is 12.1 Å². The van der Waals surface area contributed by atoms with Crippen molar-refractivity contribution in [2.24, 2.45) is 5.73 Å². The molecule has 0 amide bonds. The van der Waals surface area contributed by atoms with E-state index in [-0.39, 0.29) is 0 Å². The van der Waals surface area contributed by atoms with Gasteiger partial charge in [0, 0.05) is 24.6 Å². The molecule has 0 aliphatic rings. The van der Waals surface area contributed by atoms with Crippen molar-refractivity contribution in [3.05, 3.63) is 29.9 Å². The summed E-state index contributed by atoms with van der Waals surface area (Å²) in [4.78, 5) is 5.12. The van der Waals surface area contributed by atoms with E-state index >= 15 is 0 Å². The fraction of sp³-hybridized carbons (Fsp3) is 0.222. The quantitative estimate of drug-likeness (QED) is 0.845. The fourth-order valence-corrected chi connectivity index (χ4v) is 1.70. The predicted molar refractivity (Wildman–Crippen MR) is 55.3 cm³/mol. The highest BCUT2D eigenvalue weighted by Gasteiger charge is 2.04. The molecular weight excluding hydrogens is 212 g/mol. The van der Waals surface area contributed by atoms with Gasteiger partial charge in [0.2, 0.25) is 5.89 Å². The van der Waals surface area contributed by atoms with E-state index in [0.717, 1.165) is 10.6 Å². The third-order valence-corrected chi connectivity index (χ3v) is 2.54. The molecule has 0 unspecified atom stereocenters. The molecule has 2 aromatic heterocycles. The number of aromatic nitrogens is 3. The lowest BCUT2D eigenvalue weighted by atomic mass is 10.4. The average molecular weight is 222 g/mol. The Morgan fingerprint density at radius 2 is 2.27 bits per heavy atom. The first-order chi connectivity index (χ1) is 7.28. The van der Waals surface area contributed by atoms with Crippen molar-refractivity contribution in [1.82, 2.24) is 15.2 Å². The molecule has 2 aromatic rings. The Kier molecular flexibility index (Phi) is 2.98. The summed E-state index contributed by atoms with van der Waals surface area (Å²) < 4.78 is 5.23. The van der Waals surface area contributed by atoms with Gasteiger partial charge in [-0.3, -0.25) is 4.98 Å². The van der Waals surface area contributed by atoms with Crippen molar-refractivity contribution in [3.8, 4) is 0 Å². The van der Waals surface area contributed by atoms with E-state index in [0.29, 0.717) is 17.7 Å². The Balaban J connectivity index is 2.11. The van der Waals surface area contributed by atoms with Gasteiger partial charge in [0.15, 0.2) is 0 Å². The SMILES string of the molecule is Cc1nnc(Sc2ccc(CN)nc2)o1. The normalized spacial score (nSPS) is 10.5. The van der Waals surface area contributed by atoms with E-state index in [2.05, 4.69) is 15.2 Å². The van der Waals surface area contributed by atoms with Crippen LogP contribution < -0.4 is 5.73 Å². The van der Waals surface area contributed by atoms with Crippen LogP contribution >= 0.6 is 11.8 Å². The van der Waals surface area contributed by atoms with Gasteiger partial charge in [0.05, 0.1) is 5.69 Å². The minimum absolute atomic E-state index is 0.449. The molecule has 2 heterocycles. The van der Waals surface area contributed by atoms with Crippen LogP contribution in [0.3, 0.4) is 0 Å². The molecule has 6 heteroatoms. The minimum atomic E-state index is 0.449. The molecule has 0 aromatic carbocycles. The van der Waals surface area contributed by atoms with Crippen LogP contribution in [0, 0.1) is 6.92 Å². The Labute approximate surface area is 91.1 Å². The second-order valence-electron chi connectivity index (χ2n) is 2.88. The van der Waals surface area contributed by atoms with Gasteiger partial charge in [0.1, 0.15) is 0 Å². The third kappa shape index (κ3) is 2.54. The number of aryl methyl sites for hydroxylation is 1. The van der Waals surface area contributed by atoms with Gasteiger partial charge >= 0.3 is 0 Å². The first kappa shape index (κ1) is 10.1. The molecule has 0 fully saturated rings. The molecule has 0 aliphatic heterocycles. The van der Waals surface area contributed by atoms with E-state index in [1.165, 1.54) is 11.8 Å². The maximum Gasteiger partial charge on any atom is 0.281 e. The standard InChI is InChI=1S/C9H10N4OS/c1-6-12-13-9(14-6)15-8-3-2-7(4-10)11-5-8/h2-3,5H,4,10H2,1H3. The Morgan fingerprint density at radius 3 is 2.80 bits per heavy atom. The molecule has 0 atom stereocenters. The molecule has 15 heavy (non-hydrogen) atoms. The van der Waals surface area contributed by atoms with Gasteiger partial charge in [-0.05, 0) is 23.9 Å². The summed E-state index contributed by atoms with van der Waals surface area (Å²) in [7, 11) is 0. The maximum atomic E-state index is 5.45. The summed E-state index contributed by atoms with van der Waals surface area (Å²) in [5.41, 5.74) is 6.31. The molecule has 78 valence electrons. The highest BCUT2D eigenvalue weighted by molar-refractivity contribution is 7.99. The Hall–Kier alpha value is -1.40. The molecule has 0 saturated carbocycles. The van der Waals surface area contributed by atoms with Crippen molar-refractivity contribution in [2.45, 2.75) is 23.6 Å². The second-order valence-corrected chi connectivity index (χ2v) is 3.90. The van der Waals surface area contributed by atoms with Crippen molar-refractivity contribution >= 4 is 11.8 Å². The van der Waals surface area contributed by atoms with Crippen LogP contribution in [0.2, 0.25) is 0 Å². The smallest absolute Gasteiger partial charge is 0.281 e. The van der Waals surface area contributed by atoms with Crippen LogP contribution in [0.15, 0.2) is 32.9 Å². The summed E-state index contributed by atoms with van der Waals surface area (Å²) in [5.74, 6) is 0.559. The predicted octanol–water partition coefficient (Wildman–Crippen LogP) is 1.38. The number of nitrogens with zero attached hydrogens (tertiary/aromatic N) is 3. The molecule has 0 bridgehead atoms. The van der Waals surface area contributed by atoms with Crippen molar-refractivity contribution < 1.29 is 4.42 Å². The van der Waals surface area contributed by atoms with Crippen LogP contribution in [0.25, 0.3) is 0 Å². The van der Waals surface area contributed by atoms with E-state index in [4.69, 9.17) is 10.2 Å². The molecule has 0 radical (unpaired) electrons. The zero-order chi connectivity index (χ0) is 10.7. The van der Waals surface area contributed by atoms with Crippen LogP contribution in [0.1, 0.15) is 11.6 Å². The number of rotatable bonds is 3. The van der Waals surface area contributed by atoms with Gasteiger partial charge in [0.25, 0.3) is 5.22 Å². The first-order valence-electron chi connectivity index (χ1n) is 4.41. The first-order valence-corrected chi connectivity index (χ1v) is 5.22. The molecular formula is C9H10N4OS. The Bertz CT molecular complexity index is 440. The minimum Gasteiger partial charge on any atom is -0.416 e. The summed E-state index contributed by atoms with van der Waals surface area (Å²) in [6, 6.07) is 3.81. The van der Waals surface area contributed by atoms with E-state index in [9.17, 15) is 0 Å². The molecule has 2 rings (SSSR count). The summed E-state index contributed by atoms with van der Waals surface area (Å²) >= 11 is 1.38. The molecule has 0 aliphatic carbocycles. The van der Waals surface area contributed by atoms with Crippen molar-refractivity contribution in [2.75, 3.05) is 0 Å². The van der Waals surface area contributed by atoms with Crippen molar-refractivity contribution in [1.29, 1.82) is 0 Å². The maximum absolute atomic E-state index is 5.45. The molecule has 0 spiro atoms. The average Bonchev–Trinajstić information content (AvgIpc) is 2.65. The lowest BCUT2D eigenvalue weighted by molar-refractivity contribution is 0.429. The zero-order valence-corrected chi connectivity index (χ0v) is 8.99. The number of hydrogen-bond acceptors (Lipinski definition) is 6. The number of nitrogens with two attached hydrogens (primary N) is 1. The van der Waals surface area contributed by atoms with E-state index < -0.39 is 0 Å². The molecule has 2 N–H and O–H groups in total. The zero-order valence-electron chi connectivity index (χ0n) is 8.17. The van der Waals surface area contributed by atoms with Gasteiger partial charge in [-0.25, -0.2) is 0 Å². The topological polar surface area (TPSA) is 77.8 Å². The van der Waals surface area contributed by atoms with Gasteiger partial charge in [-0.15, -0.1) is 10.2 Å². The summed E-state index contributed by atoms with van der Waals surface area (Å²) in [5, 5.41) is 8.14. The Morgan fingerprint density at radius 1 is 1.40 bits per heavy atom. The lowest BCUT2D eigenvalue weighted by Gasteiger charge is -1.97. The molecule has 5 nitrogen and oxygen atoms in total. The summed E-state index contributed by atoms with van der Waals surface area (Å²) in [6.45, 7) is 2.21. The number of pyridine rings is 1. The summed E-state index contributed by atoms with van der Waals surface area (Å²) in [6.07, 6.45) is 1.74. The van der Waals surface area contributed by atoms with Crippen LogP contribution in [0.4, 0.5) is 0 Å². The fourth-order valence-electron chi connectivity index (χ4n) is 1.01. The third-order valence-electron chi connectivity index (χ3n) is 1.72. The van der Waals surface area contributed by atoms with Gasteiger partial charge < -0.3 is 10.2 Å². The van der Waals surface area contributed by atoms with Crippen LogP contribution in [-0.4, -0.2) is 15.2 Å². The van der Waals surface area contributed by atoms with Gasteiger partial charge in [-0.1, -0.05) is 0 Å². The molecule has 0 saturated heterocycles. The lowest BCUT2D eigenvalue weighted by Crippen LogP contribution is -1.98.